The molecule has 3 fully saturated rings. The Labute approximate surface area is 142 Å². The number of carbonyl (C=O) groups is 1. The van der Waals surface area contributed by atoms with E-state index >= 15 is 0 Å². The second kappa shape index (κ2) is 7.65. The zero-order valence-electron chi connectivity index (χ0n) is 15.2. The van der Waals surface area contributed by atoms with E-state index in [9.17, 15) is 4.79 Å². The van der Waals surface area contributed by atoms with Gasteiger partial charge in [0, 0.05) is 37.1 Å². The van der Waals surface area contributed by atoms with Crippen molar-refractivity contribution in [3.63, 3.8) is 0 Å². The number of piperidine rings is 1. The lowest BCUT2D eigenvalue weighted by atomic mass is 9.65. The number of unbranched alkanes of at least 4 members (excludes halogenated alkanes) is 3. The molecule has 1 aliphatic carbocycles. The molecule has 2 aliphatic heterocycles. The molecule has 0 unspecified atom stereocenters. The first-order valence-electron chi connectivity index (χ1n) is 10.0. The average molecular weight is 322 g/mol. The first kappa shape index (κ1) is 17.4. The van der Waals surface area contributed by atoms with Crippen LogP contribution in [0.5, 0.6) is 0 Å². The van der Waals surface area contributed by atoms with Crippen LogP contribution in [-0.2, 0) is 9.53 Å². The predicted octanol–water partition coefficient (Wildman–Crippen LogP) is 4.34. The highest BCUT2D eigenvalue weighted by molar-refractivity contribution is 5.84. The Morgan fingerprint density at radius 2 is 2.00 bits per heavy atom. The fourth-order valence-corrected chi connectivity index (χ4v) is 5.88. The van der Waals surface area contributed by atoms with Gasteiger partial charge >= 0.3 is 0 Å². The van der Waals surface area contributed by atoms with E-state index in [1.54, 1.807) is 0 Å². The highest BCUT2D eigenvalue weighted by Gasteiger charge is 2.58. The van der Waals surface area contributed by atoms with Crippen molar-refractivity contribution in [1.82, 2.24) is 4.90 Å². The van der Waals surface area contributed by atoms with Gasteiger partial charge in [-0.3, -0.25) is 9.69 Å². The van der Waals surface area contributed by atoms with Crippen LogP contribution in [0, 0.1) is 5.92 Å². The molecule has 0 bridgehead atoms. The molecular formula is C20H35NO2. The number of hydrogen-bond acceptors (Lipinski definition) is 3. The number of Topliss-reactive ketones (excluding diaryl/α,β-unsaturated/α-hetero) is 1. The average Bonchev–Trinajstić information content (AvgIpc) is 2.91. The molecule has 4 atom stereocenters. The van der Waals surface area contributed by atoms with Gasteiger partial charge in [-0.25, -0.2) is 0 Å². The van der Waals surface area contributed by atoms with Gasteiger partial charge in [0.05, 0.1) is 6.61 Å². The molecule has 3 rings (SSSR count). The van der Waals surface area contributed by atoms with Gasteiger partial charge in [-0.15, -0.1) is 0 Å². The monoisotopic (exact) mass is 321 g/mol. The zero-order valence-corrected chi connectivity index (χ0v) is 15.2. The van der Waals surface area contributed by atoms with E-state index in [-0.39, 0.29) is 5.54 Å². The molecular weight excluding hydrogens is 286 g/mol. The summed E-state index contributed by atoms with van der Waals surface area (Å²) < 4.78 is 5.54. The Kier molecular flexibility index (Phi) is 5.79. The quantitative estimate of drug-likeness (QED) is 0.653. The Bertz CT molecular complexity index is 410. The third-order valence-electron chi connectivity index (χ3n) is 6.79. The van der Waals surface area contributed by atoms with Crippen LogP contribution in [0.1, 0.15) is 84.0 Å². The third kappa shape index (κ3) is 3.24. The minimum atomic E-state index is 0.201. The van der Waals surface area contributed by atoms with Crippen LogP contribution in [0.4, 0.5) is 0 Å². The predicted molar refractivity (Wildman–Crippen MR) is 93.6 cm³/mol. The summed E-state index contributed by atoms with van der Waals surface area (Å²) in [7, 11) is 1.83. The van der Waals surface area contributed by atoms with E-state index in [0.717, 1.165) is 19.4 Å². The molecule has 3 nitrogen and oxygen atoms in total. The Morgan fingerprint density at radius 3 is 2.78 bits per heavy atom. The molecule has 0 aromatic heterocycles. The molecule has 1 spiro atoms. The van der Waals surface area contributed by atoms with Gasteiger partial charge in [0.25, 0.3) is 0 Å². The second-order valence-electron chi connectivity index (χ2n) is 8.13. The fraction of sp³-hybridized carbons (Fsp3) is 0.950. The van der Waals surface area contributed by atoms with Crippen molar-refractivity contribution >= 4 is 5.78 Å². The van der Waals surface area contributed by atoms with Crippen molar-refractivity contribution in [3.8, 4) is 0 Å². The van der Waals surface area contributed by atoms with Crippen molar-refractivity contribution < 1.29 is 9.53 Å². The van der Waals surface area contributed by atoms with E-state index in [1.165, 1.54) is 64.2 Å². The lowest BCUT2D eigenvalue weighted by Gasteiger charge is -2.55. The van der Waals surface area contributed by atoms with Crippen molar-refractivity contribution in [3.05, 3.63) is 0 Å². The molecule has 132 valence electrons. The van der Waals surface area contributed by atoms with E-state index < -0.39 is 0 Å². The largest absolute Gasteiger partial charge is 0.383 e. The van der Waals surface area contributed by atoms with E-state index in [1.807, 2.05) is 7.11 Å². The lowest BCUT2D eigenvalue weighted by molar-refractivity contribution is -0.144. The number of hydrogen-bond donors (Lipinski definition) is 0. The number of rotatable bonds is 7. The first-order chi connectivity index (χ1) is 11.2. The van der Waals surface area contributed by atoms with Crippen molar-refractivity contribution in [2.24, 2.45) is 5.92 Å². The van der Waals surface area contributed by atoms with Crippen molar-refractivity contribution in [2.45, 2.75) is 102 Å². The maximum Gasteiger partial charge on any atom is 0.139 e. The number of nitrogens with zero attached hydrogens (tertiary/aromatic N) is 1. The highest BCUT2D eigenvalue weighted by atomic mass is 16.5. The maximum absolute atomic E-state index is 12.9. The maximum atomic E-state index is 12.9. The molecule has 0 aromatic carbocycles. The van der Waals surface area contributed by atoms with Gasteiger partial charge in [0.1, 0.15) is 5.78 Å². The molecule has 0 aromatic rings. The Hall–Kier alpha value is -0.410. The zero-order chi connectivity index (χ0) is 16.3. The third-order valence-corrected chi connectivity index (χ3v) is 6.79. The summed E-state index contributed by atoms with van der Waals surface area (Å²) in [4.78, 5) is 15.7. The lowest BCUT2D eigenvalue weighted by Crippen LogP contribution is -2.64. The summed E-state index contributed by atoms with van der Waals surface area (Å²) in [5, 5.41) is 0. The van der Waals surface area contributed by atoms with Crippen LogP contribution < -0.4 is 0 Å². The first-order valence-corrected chi connectivity index (χ1v) is 10.0. The molecule has 3 heteroatoms. The minimum absolute atomic E-state index is 0.201. The summed E-state index contributed by atoms with van der Waals surface area (Å²) in [6.45, 7) is 3.11. The van der Waals surface area contributed by atoms with Crippen LogP contribution in [0.15, 0.2) is 0 Å². The van der Waals surface area contributed by atoms with E-state index in [0.29, 0.717) is 23.8 Å². The molecule has 2 saturated heterocycles. The van der Waals surface area contributed by atoms with Crippen molar-refractivity contribution in [2.75, 3.05) is 13.7 Å². The smallest absolute Gasteiger partial charge is 0.139 e. The van der Waals surface area contributed by atoms with Crippen LogP contribution in [0.3, 0.4) is 0 Å². The highest BCUT2D eigenvalue weighted by Crippen LogP contribution is 2.53. The molecule has 0 N–H and O–H groups in total. The SMILES string of the molecule is CCCCCC[C@H]1CC(=O)[C@H]2CCCC[C@@]23CC[C@H](COC)N13. The molecule has 3 aliphatic rings. The normalized spacial score (nSPS) is 37.7. The number of ketones is 1. The summed E-state index contributed by atoms with van der Waals surface area (Å²) >= 11 is 0. The van der Waals surface area contributed by atoms with Crippen molar-refractivity contribution in [1.29, 1.82) is 0 Å². The van der Waals surface area contributed by atoms with Gasteiger partial charge in [-0.1, -0.05) is 45.4 Å². The number of carbonyl (C=O) groups excluding carboxylic acids is 1. The van der Waals surface area contributed by atoms with Crippen LogP contribution in [0.2, 0.25) is 0 Å². The standard InChI is InChI=1S/C20H35NO2/c1-3-4-5-6-9-16-14-19(22)18-10-7-8-12-20(18)13-11-17(15-23-2)21(16)20/h16-18H,3-15H2,1-2H3/t16-,17+,18+,20+/m0/s1. The Morgan fingerprint density at radius 1 is 1.13 bits per heavy atom. The van der Waals surface area contributed by atoms with Crippen LogP contribution in [0.25, 0.3) is 0 Å². The topological polar surface area (TPSA) is 29.5 Å². The number of methoxy groups -OCH3 is 1. The minimum Gasteiger partial charge on any atom is -0.383 e. The van der Waals surface area contributed by atoms with E-state index in [2.05, 4.69) is 11.8 Å². The molecule has 2 heterocycles. The summed E-state index contributed by atoms with van der Waals surface area (Å²) in [5.41, 5.74) is 0.201. The van der Waals surface area contributed by atoms with Crippen LogP contribution >= 0.6 is 0 Å². The molecule has 0 amide bonds. The molecule has 0 radical (unpaired) electrons. The fourth-order valence-electron chi connectivity index (χ4n) is 5.88. The number of ether oxygens (including phenoxy) is 1. The van der Waals surface area contributed by atoms with Gasteiger partial charge in [0.2, 0.25) is 0 Å². The Balaban J connectivity index is 1.77. The summed E-state index contributed by atoms with van der Waals surface area (Å²) in [5.74, 6) is 0.907. The van der Waals surface area contributed by atoms with Gasteiger partial charge < -0.3 is 4.74 Å². The second-order valence-corrected chi connectivity index (χ2v) is 8.13. The van der Waals surface area contributed by atoms with E-state index in [4.69, 9.17) is 4.74 Å². The molecule has 1 saturated carbocycles. The van der Waals surface area contributed by atoms with Gasteiger partial charge in [-0.05, 0) is 32.1 Å². The van der Waals surface area contributed by atoms with Gasteiger partial charge in [-0.2, -0.15) is 0 Å². The van der Waals surface area contributed by atoms with Gasteiger partial charge in [0.15, 0.2) is 0 Å². The molecule has 23 heavy (non-hydrogen) atoms. The summed E-state index contributed by atoms with van der Waals surface area (Å²) in [6, 6.07) is 1.03. The van der Waals surface area contributed by atoms with Crippen LogP contribution in [-0.4, -0.2) is 42.0 Å². The summed E-state index contributed by atoms with van der Waals surface area (Å²) in [6.07, 6.45) is 14.6.